The van der Waals surface area contributed by atoms with Crippen molar-refractivity contribution in [2.45, 2.75) is 19.8 Å². The Kier molecular flexibility index (Phi) is 8.04. The molecule has 0 saturated carbocycles. The molecule has 0 heterocycles. The van der Waals surface area contributed by atoms with E-state index in [1.165, 1.54) is 0 Å². The zero-order valence-electron chi connectivity index (χ0n) is 9.70. The third-order valence-corrected chi connectivity index (χ3v) is 1.37. The van der Waals surface area contributed by atoms with Crippen LogP contribution in [-0.2, 0) is 4.79 Å². The molecule has 0 bridgehead atoms. The molecule has 0 rings (SSSR count). The smallest absolute Gasteiger partial charge is 0.294 e. The fraction of sp³-hybridized carbons (Fsp3) is 0.778. The molecule has 5 heteroatoms. The SMILES string of the molecule is CCCC(=O)[O-].CN=C(N)[N+](C)(C)C. The summed E-state index contributed by atoms with van der Waals surface area (Å²) >= 11 is 0. The van der Waals surface area contributed by atoms with Crippen molar-refractivity contribution in [3.63, 3.8) is 0 Å². The van der Waals surface area contributed by atoms with Gasteiger partial charge in [-0.1, -0.05) is 13.3 Å². The van der Waals surface area contributed by atoms with Gasteiger partial charge in [-0.3, -0.25) is 4.48 Å². The Bertz CT molecular complexity index is 195. The first-order valence-electron chi connectivity index (χ1n) is 4.49. The molecule has 0 aromatic heterocycles. The first-order valence-corrected chi connectivity index (χ1v) is 4.49. The molecule has 0 aliphatic rings. The summed E-state index contributed by atoms with van der Waals surface area (Å²) in [6, 6.07) is 0. The van der Waals surface area contributed by atoms with Crippen LogP contribution < -0.4 is 10.8 Å². The lowest BCUT2D eigenvalue weighted by Crippen LogP contribution is -2.46. The molecule has 0 spiro atoms. The van der Waals surface area contributed by atoms with Crippen molar-refractivity contribution in [1.82, 2.24) is 0 Å². The second-order valence-corrected chi connectivity index (χ2v) is 3.72. The van der Waals surface area contributed by atoms with Crippen molar-refractivity contribution in [2.75, 3.05) is 28.2 Å². The highest BCUT2D eigenvalue weighted by Crippen LogP contribution is 1.86. The van der Waals surface area contributed by atoms with Gasteiger partial charge in [0.25, 0.3) is 5.96 Å². The highest BCUT2D eigenvalue weighted by Gasteiger charge is 2.10. The lowest BCUT2D eigenvalue weighted by Gasteiger charge is -2.20. The van der Waals surface area contributed by atoms with Gasteiger partial charge in [0.2, 0.25) is 0 Å². The van der Waals surface area contributed by atoms with Crippen LogP contribution in [0.25, 0.3) is 0 Å². The van der Waals surface area contributed by atoms with Gasteiger partial charge in [0.1, 0.15) is 0 Å². The number of carbonyl (C=O) groups excluding carboxylic acids is 1. The van der Waals surface area contributed by atoms with Crippen LogP contribution in [0.1, 0.15) is 19.8 Å². The van der Waals surface area contributed by atoms with E-state index in [2.05, 4.69) is 4.99 Å². The first-order chi connectivity index (χ1) is 6.25. The van der Waals surface area contributed by atoms with E-state index in [-0.39, 0.29) is 6.42 Å². The van der Waals surface area contributed by atoms with Gasteiger partial charge >= 0.3 is 0 Å². The summed E-state index contributed by atoms with van der Waals surface area (Å²) < 4.78 is 0.608. The second kappa shape index (κ2) is 7.32. The Balaban J connectivity index is 0. The Morgan fingerprint density at radius 1 is 1.43 bits per heavy atom. The first kappa shape index (κ1) is 15.4. The largest absolute Gasteiger partial charge is 0.550 e. The molecule has 0 aliphatic carbocycles. The summed E-state index contributed by atoms with van der Waals surface area (Å²) in [6.07, 6.45) is 0.850. The van der Waals surface area contributed by atoms with E-state index in [4.69, 9.17) is 5.73 Å². The zero-order chi connectivity index (χ0) is 11.8. The Morgan fingerprint density at radius 3 is 1.86 bits per heavy atom. The fourth-order valence-corrected chi connectivity index (χ4v) is 0.504. The normalized spacial score (nSPS) is 11.6. The second-order valence-electron chi connectivity index (χ2n) is 3.72. The molecular weight excluding hydrogens is 182 g/mol. The average molecular weight is 203 g/mol. The molecule has 2 N–H and O–H groups in total. The van der Waals surface area contributed by atoms with Gasteiger partial charge < -0.3 is 15.6 Å². The van der Waals surface area contributed by atoms with E-state index in [9.17, 15) is 9.90 Å². The molecule has 0 unspecified atom stereocenters. The average Bonchev–Trinajstić information content (AvgIpc) is 2.02. The minimum absolute atomic E-state index is 0.181. The molecule has 0 aliphatic heterocycles. The zero-order valence-corrected chi connectivity index (χ0v) is 9.70. The van der Waals surface area contributed by atoms with Crippen LogP contribution in [0.15, 0.2) is 4.99 Å². The van der Waals surface area contributed by atoms with Gasteiger partial charge in [-0.25, -0.2) is 4.99 Å². The Labute approximate surface area is 85.8 Å². The summed E-state index contributed by atoms with van der Waals surface area (Å²) in [5.41, 5.74) is 5.47. The van der Waals surface area contributed by atoms with Crippen molar-refractivity contribution in [3.05, 3.63) is 0 Å². The third kappa shape index (κ3) is 10.9. The van der Waals surface area contributed by atoms with Crippen LogP contribution in [0.5, 0.6) is 0 Å². The molecule has 5 nitrogen and oxygen atoms in total. The van der Waals surface area contributed by atoms with Gasteiger partial charge in [-0.15, -0.1) is 0 Å². The number of carbonyl (C=O) groups is 1. The Morgan fingerprint density at radius 2 is 1.86 bits per heavy atom. The number of guanidine groups is 1. The number of hydrogen-bond donors (Lipinski definition) is 1. The van der Waals surface area contributed by atoms with E-state index >= 15 is 0 Å². The molecule has 0 radical (unpaired) electrons. The summed E-state index contributed by atoms with van der Waals surface area (Å²) in [5, 5.41) is 9.49. The maximum absolute atomic E-state index is 9.49. The van der Waals surface area contributed by atoms with E-state index in [0.29, 0.717) is 16.9 Å². The van der Waals surface area contributed by atoms with Gasteiger partial charge in [0, 0.05) is 13.0 Å². The minimum atomic E-state index is -0.961. The van der Waals surface area contributed by atoms with E-state index in [1.54, 1.807) is 14.0 Å². The van der Waals surface area contributed by atoms with Gasteiger partial charge in [0.05, 0.1) is 21.1 Å². The standard InChI is InChI=1S/C5H14N3.C4H8O2/c1-7-5(6)8(2,3)4;1-2-3-4(5)6/h1-4H3,(H2,6,7);2-3H2,1H3,(H,5,6)/q+1;/p-1. The highest BCUT2D eigenvalue weighted by molar-refractivity contribution is 5.70. The lowest BCUT2D eigenvalue weighted by molar-refractivity contribution is -0.778. The number of nitrogens with two attached hydrogens (primary N) is 1. The van der Waals surface area contributed by atoms with Gasteiger partial charge in [-0.05, 0) is 6.42 Å². The predicted molar refractivity (Wildman–Crippen MR) is 55.5 cm³/mol. The van der Waals surface area contributed by atoms with Crippen molar-refractivity contribution >= 4 is 11.9 Å². The highest BCUT2D eigenvalue weighted by atomic mass is 16.4. The number of carboxylic acid groups (broad SMARTS) is 1. The van der Waals surface area contributed by atoms with E-state index in [0.717, 1.165) is 0 Å². The predicted octanol–water partition coefficient (Wildman–Crippen LogP) is -0.826. The number of rotatable bonds is 2. The van der Waals surface area contributed by atoms with Crippen LogP contribution in [0.3, 0.4) is 0 Å². The van der Waals surface area contributed by atoms with Crippen LogP contribution in [0, 0.1) is 0 Å². The monoisotopic (exact) mass is 203 g/mol. The molecule has 0 amide bonds. The summed E-state index contributed by atoms with van der Waals surface area (Å²) in [6.45, 7) is 1.80. The van der Waals surface area contributed by atoms with Crippen molar-refractivity contribution in [3.8, 4) is 0 Å². The Hall–Kier alpha value is -1.10. The lowest BCUT2D eigenvalue weighted by atomic mass is 10.4. The van der Waals surface area contributed by atoms with Crippen LogP contribution in [0.4, 0.5) is 0 Å². The van der Waals surface area contributed by atoms with Crippen LogP contribution in [-0.4, -0.2) is 44.6 Å². The van der Waals surface area contributed by atoms with Crippen LogP contribution in [0.2, 0.25) is 0 Å². The molecule has 0 aromatic carbocycles. The summed E-state index contributed by atoms with van der Waals surface area (Å²) in [5.74, 6) is -0.317. The molecular formula is C9H21N3O2. The molecule has 14 heavy (non-hydrogen) atoms. The number of aliphatic carboxylic acids is 1. The maximum Gasteiger partial charge on any atom is 0.294 e. The topological polar surface area (TPSA) is 78.5 Å². The van der Waals surface area contributed by atoms with Gasteiger partial charge in [-0.2, -0.15) is 0 Å². The maximum atomic E-state index is 9.49. The van der Waals surface area contributed by atoms with Crippen molar-refractivity contribution in [1.29, 1.82) is 0 Å². The number of quaternary nitrogens is 1. The van der Waals surface area contributed by atoms with Gasteiger partial charge in [0.15, 0.2) is 0 Å². The van der Waals surface area contributed by atoms with Crippen molar-refractivity contribution in [2.24, 2.45) is 10.7 Å². The number of carboxylic acids is 1. The summed E-state index contributed by atoms with van der Waals surface area (Å²) in [7, 11) is 7.62. The number of hydrogen-bond acceptors (Lipinski definition) is 3. The molecule has 0 aromatic rings. The molecule has 0 saturated heterocycles. The minimum Gasteiger partial charge on any atom is -0.550 e. The third-order valence-electron chi connectivity index (χ3n) is 1.37. The quantitative estimate of drug-likeness (QED) is 0.361. The van der Waals surface area contributed by atoms with E-state index in [1.807, 2.05) is 21.1 Å². The van der Waals surface area contributed by atoms with Crippen molar-refractivity contribution < 1.29 is 14.4 Å². The molecule has 0 atom stereocenters. The fourth-order valence-electron chi connectivity index (χ4n) is 0.504. The number of aliphatic imine (C=N–C) groups is 1. The van der Waals surface area contributed by atoms with Crippen LogP contribution >= 0.6 is 0 Å². The molecule has 0 fully saturated rings. The summed E-state index contributed by atoms with van der Waals surface area (Å²) in [4.78, 5) is 13.3. The number of nitrogens with zero attached hydrogens (tertiary/aromatic N) is 2. The molecule has 84 valence electrons. The van der Waals surface area contributed by atoms with E-state index < -0.39 is 5.97 Å².